The highest BCUT2D eigenvalue weighted by molar-refractivity contribution is 7.18. The number of aromatic nitrogens is 1. The van der Waals surface area contributed by atoms with Crippen molar-refractivity contribution >= 4 is 21.5 Å². The van der Waals surface area contributed by atoms with Gasteiger partial charge in [0.2, 0.25) is 0 Å². The number of aliphatic hydroxyl groups is 1. The number of hydrogen-bond acceptors (Lipinski definition) is 6. The topological polar surface area (TPSA) is 88.3 Å². The fourth-order valence-corrected chi connectivity index (χ4v) is 1.64. The maximum absolute atomic E-state index is 10.3. The number of anilines is 1. The van der Waals surface area contributed by atoms with Crippen LogP contribution in [-0.4, -0.2) is 27.7 Å². The van der Waals surface area contributed by atoms with Gasteiger partial charge >= 0.3 is 5.00 Å². The second-order valence-electron chi connectivity index (χ2n) is 2.82. The average Bonchev–Trinajstić information content (AvgIpc) is 2.53. The zero-order valence-electron chi connectivity index (χ0n) is 7.64. The first-order chi connectivity index (χ1) is 6.63. The Hall–Kier alpha value is -1.21. The zero-order valence-corrected chi connectivity index (χ0v) is 8.45. The van der Waals surface area contributed by atoms with E-state index in [4.69, 9.17) is 5.11 Å². The van der Waals surface area contributed by atoms with Crippen molar-refractivity contribution in [3.63, 3.8) is 0 Å². The molecule has 14 heavy (non-hydrogen) atoms. The van der Waals surface area contributed by atoms with Crippen molar-refractivity contribution in [2.24, 2.45) is 0 Å². The highest BCUT2D eigenvalue weighted by atomic mass is 32.1. The molecule has 1 aromatic rings. The summed E-state index contributed by atoms with van der Waals surface area (Å²) in [5, 5.41) is 22.5. The number of rotatable bonds is 5. The van der Waals surface area contributed by atoms with Gasteiger partial charge in [-0.15, -0.1) is 0 Å². The van der Waals surface area contributed by atoms with E-state index in [0.29, 0.717) is 11.6 Å². The molecule has 0 fully saturated rings. The fourth-order valence-electron chi connectivity index (χ4n) is 0.893. The molecule has 2 N–H and O–H groups in total. The van der Waals surface area contributed by atoms with E-state index < -0.39 is 4.92 Å². The molecule has 0 spiro atoms. The number of hydrogen-bond donors (Lipinski definition) is 2. The van der Waals surface area contributed by atoms with Crippen LogP contribution in [0, 0.1) is 10.1 Å². The van der Waals surface area contributed by atoms with Gasteiger partial charge in [0.05, 0.1) is 4.92 Å². The van der Waals surface area contributed by atoms with E-state index in [9.17, 15) is 10.1 Å². The molecule has 0 aliphatic heterocycles. The van der Waals surface area contributed by atoms with Crippen LogP contribution in [0.5, 0.6) is 0 Å². The highest BCUT2D eigenvalue weighted by Crippen LogP contribution is 2.25. The summed E-state index contributed by atoms with van der Waals surface area (Å²) < 4.78 is 0. The van der Waals surface area contributed by atoms with Crippen LogP contribution in [-0.2, 0) is 0 Å². The molecule has 7 heteroatoms. The van der Waals surface area contributed by atoms with Gasteiger partial charge in [-0.2, -0.15) is 0 Å². The third-order valence-corrected chi connectivity index (χ3v) is 2.49. The summed E-state index contributed by atoms with van der Waals surface area (Å²) in [6.45, 7) is 1.96. The van der Waals surface area contributed by atoms with E-state index in [0.717, 1.165) is 11.3 Å². The van der Waals surface area contributed by atoms with Crippen molar-refractivity contribution in [2.45, 2.75) is 19.4 Å². The molecule has 6 nitrogen and oxygen atoms in total. The van der Waals surface area contributed by atoms with E-state index in [1.807, 2.05) is 6.92 Å². The maximum Gasteiger partial charge on any atom is 0.345 e. The summed E-state index contributed by atoms with van der Waals surface area (Å²) in [7, 11) is 0. The summed E-state index contributed by atoms with van der Waals surface area (Å²) in [6, 6.07) is 0.0609. The van der Waals surface area contributed by atoms with Crippen LogP contribution in [0.25, 0.3) is 0 Å². The summed E-state index contributed by atoms with van der Waals surface area (Å²) in [4.78, 5) is 13.7. The minimum atomic E-state index is -0.473. The van der Waals surface area contributed by atoms with Gasteiger partial charge < -0.3 is 10.4 Å². The standard InChI is InChI=1S/C7H11N3O3S/c1-5(2-3-11)9-7-8-4-6(14-7)10(12)13/h4-5,11H,2-3H2,1H3,(H,8,9). The van der Waals surface area contributed by atoms with Crippen LogP contribution in [0.1, 0.15) is 13.3 Å². The Morgan fingerprint density at radius 1 is 1.86 bits per heavy atom. The second-order valence-corrected chi connectivity index (χ2v) is 3.83. The monoisotopic (exact) mass is 217 g/mol. The van der Waals surface area contributed by atoms with Crippen molar-refractivity contribution in [3.05, 3.63) is 16.3 Å². The maximum atomic E-state index is 10.3. The molecule has 1 aromatic heterocycles. The van der Waals surface area contributed by atoms with Crippen LogP contribution in [0.15, 0.2) is 6.20 Å². The second kappa shape index (κ2) is 4.87. The largest absolute Gasteiger partial charge is 0.396 e. The van der Waals surface area contributed by atoms with Gasteiger partial charge in [-0.1, -0.05) is 0 Å². The van der Waals surface area contributed by atoms with Gasteiger partial charge in [0.15, 0.2) is 5.13 Å². The van der Waals surface area contributed by atoms with Crippen molar-refractivity contribution in [2.75, 3.05) is 11.9 Å². The molecule has 1 heterocycles. The smallest absolute Gasteiger partial charge is 0.345 e. The van der Waals surface area contributed by atoms with E-state index in [-0.39, 0.29) is 17.6 Å². The van der Waals surface area contributed by atoms with Gasteiger partial charge in [-0.3, -0.25) is 10.1 Å². The van der Waals surface area contributed by atoms with E-state index in [1.165, 1.54) is 6.20 Å². The van der Waals surface area contributed by atoms with E-state index in [2.05, 4.69) is 10.3 Å². The lowest BCUT2D eigenvalue weighted by atomic mass is 10.2. The lowest BCUT2D eigenvalue weighted by Gasteiger charge is -2.09. The van der Waals surface area contributed by atoms with Crippen molar-refractivity contribution in [1.29, 1.82) is 0 Å². The molecule has 0 aromatic carbocycles. The van der Waals surface area contributed by atoms with E-state index >= 15 is 0 Å². The van der Waals surface area contributed by atoms with Gasteiger partial charge in [0, 0.05) is 12.6 Å². The Kier molecular flexibility index (Phi) is 3.78. The predicted octanol–water partition coefficient (Wildman–Crippen LogP) is 1.23. The number of aliphatic hydroxyl groups excluding tert-OH is 1. The Morgan fingerprint density at radius 2 is 2.57 bits per heavy atom. The van der Waals surface area contributed by atoms with Crippen LogP contribution >= 0.6 is 11.3 Å². The molecule has 1 atom stereocenters. The van der Waals surface area contributed by atoms with Gasteiger partial charge in [0.25, 0.3) is 0 Å². The Balaban J connectivity index is 2.55. The summed E-state index contributed by atoms with van der Waals surface area (Å²) in [6.07, 6.45) is 1.81. The van der Waals surface area contributed by atoms with Crippen LogP contribution in [0.2, 0.25) is 0 Å². The third-order valence-electron chi connectivity index (χ3n) is 1.61. The summed E-state index contributed by atoms with van der Waals surface area (Å²) in [5.41, 5.74) is 0. The molecule has 0 bridgehead atoms. The van der Waals surface area contributed by atoms with Gasteiger partial charge in [0.1, 0.15) is 6.20 Å². The fraction of sp³-hybridized carbons (Fsp3) is 0.571. The third kappa shape index (κ3) is 2.93. The van der Waals surface area contributed by atoms with Crippen LogP contribution < -0.4 is 5.32 Å². The average molecular weight is 217 g/mol. The first-order valence-electron chi connectivity index (χ1n) is 4.11. The minimum Gasteiger partial charge on any atom is -0.396 e. The molecule has 0 amide bonds. The first-order valence-corrected chi connectivity index (χ1v) is 4.92. The number of nitro groups is 1. The quantitative estimate of drug-likeness (QED) is 0.572. The lowest BCUT2D eigenvalue weighted by molar-refractivity contribution is -0.380. The Morgan fingerprint density at radius 3 is 3.07 bits per heavy atom. The molecule has 0 saturated heterocycles. The molecule has 1 unspecified atom stereocenters. The van der Waals surface area contributed by atoms with Crippen molar-refractivity contribution in [1.82, 2.24) is 4.98 Å². The zero-order chi connectivity index (χ0) is 10.6. The molecule has 0 aliphatic carbocycles. The molecule has 1 rings (SSSR count). The predicted molar refractivity (Wildman–Crippen MR) is 53.6 cm³/mol. The summed E-state index contributed by atoms with van der Waals surface area (Å²) in [5.74, 6) is 0. The molecule has 0 saturated carbocycles. The van der Waals surface area contributed by atoms with Crippen LogP contribution in [0.4, 0.5) is 10.1 Å². The normalized spacial score (nSPS) is 12.4. The molecular weight excluding hydrogens is 206 g/mol. The highest BCUT2D eigenvalue weighted by Gasteiger charge is 2.12. The molecule has 0 radical (unpaired) electrons. The van der Waals surface area contributed by atoms with Gasteiger partial charge in [-0.25, -0.2) is 4.98 Å². The number of nitrogens with zero attached hydrogens (tertiary/aromatic N) is 2. The summed E-state index contributed by atoms with van der Waals surface area (Å²) >= 11 is 0.992. The number of nitrogens with one attached hydrogen (secondary N) is 1. The SMILES string of the molecule is CC(CCO)Nc1ncc([N+](=O)[O-])s1. The lowest BCUT2D eigenvalue weighted by Crippen LogP contribution is -2.16. The minimum absolute atomic E-state index is 0.0173. The Bertz CT molecular complexity index is 315. The molecule has 0 aliphatic rings. The molecular formula is C7H11N3O3S. The molecule has 78 valence electrons. The van der Waals surface area contributed by atoms with Crippen molar-refractivity contribution < 1.29 is 10.0 Å². The van der Waals surface area contributed by atoms with Crippen molar-refractivity contribution in [3.8, 4) is 0 Å². The van der Waals surface area contributed by atoms with Crippen LogP contribution in [0.3, 0.4) is 0 Å². The first kappa shape index (κ1) is 10.9. The number of thiazole rings is 1. The Labute approximate surface area is 84.7 Å². The van der Waals surface area contributed by atoms with E-state index in [1.54, 1.807) is 0 Å². The van der Waals surface area contributed by atoms with Gasteiger partial charge in [-0.05, 0) is 24.7 Å².